The molecule has 0 aliphatic rings. The molecule has 5 nitrogen and oxygen atoms in total. The number of nitrogens with one attached hydrogen (secondary N) is 2. The lowest BCUT2D eigenvalue weighted by Crippen LogP contribution is -2.20. The maximum Gasteiger partial charge on any atom is 0.323 e. The molecule has 0 saturated heterocycles. The van der Waals surface area contributed by atoms with E-state index in [1.165, 1.54) is 0 Å². The largest absolute Gasteiger partial charge is 0.437 e. The highest BCUT2D eigenvalue weighted by molar-refractivity contribution is 6.00. The Kier molecular flexibility index (Phi) is 5.71. The number of para-hydroxylation sites is 1. The van der Waals surface area contributed by atoms with Gasteiger partial charge in [0.1, 0.15) is 11.4 Å². The van der Waals surface area contributed by atoms with Gasteiger partial charge in [0.2, 0.25) is 5.88 Å². The lowest BCUT2D eigenvalue weighted by atomic mass is 10.0. The number of hydrogen-bond acceptors (Lipinski definition) is 3. The molecule has 3 aromatic rings. The van der Waals surface area contributed by atoms with Gasteiger partial charge in [-0.25, -0.2) is 9.78 Å². The lowest BCUT2D eigenvalue weighted by molar-refractivity contribution is 0.262. The van der Waals surface area contributed by atoms with Crippen molar-refractivity contribution < 1.29 is 9.53 Å². The molecule has 0 fully saturated rings. The zero-order valence-electron chi connectivity index (χ0n) is 15.7. The average molecular weight is 361 g/mol. The summed E-state index contributed by atoms with van der Waals surface area (Å²) in [7, 11) is 0. The molecule has 2 N–H and O–H groups in total. The van der Waals surface area contributed by atoms with E-state index in [9.17, 15) is 4.79 Å². The van der Waals surface area contributed by atoms with Crippen LogP contribution in [0.3, 0.4) is 0 Å². The fourth-order valence-corrected chi connectivity index (χ4v) is 2.64. The maximum absolute atomic E-state index is 12.3. The maximum atomic E-state index is 12.3. The van der Waals surface area contributed by atoms with Crippen LogP contribution in [-0.4, -0.2) is 11.0 Å². The molecular formula is C22H23N3O2. The first kappa shape index (κ1) is 18.5. The first-order valence-corrected chi connectivity index (χ1v) is 8.89. The van der Waals surface area contributed by atoms with Crippen LogP contribution in [0.15, 0.2) is 66.9 Å². The summed E-state index contributed by atoms with van der Waals surface area (Å²) in [6, 6.07) is 18.6. The van der Waals surface area contributed by atoms with Gasteiger partial charge in [0.25, 0.3) is 0 Å². The Labute approximate surface area is 159 Å². The molecule has 3 rings (SSSR count). The Balaban J connectivity index is 1.76. The molecule has 0 aliphatic heterocycles. The van der Waals surface area contributed by atoms with Gasteiger partial charge < -0.3 is 15.4 Å². The van der Waals surface area contributed by atoms with Crippen molar-refractivity contribution in [3.8, 4) is 11.6 Å². The van der Waals surface area contributed by atoms with E-state index in [-0.39, 0.29) is 6.03 Å². The van der Waals surface area contributed by atoms with E-state index >= 15 is 0 Å². The first-order chi connectivity index (χ1) is 13.0. The Morgan fingerprint density at radius 2 is 1.70 bits per heavy atom. The normalized spacial score (nSPS) is 10.5. The highest BCUT2D eigenvalue weighted by Crippen LogP contribution is 2.32. The number of aromatic nitrogens is 1. The molecule has 0 radical (unpaired) electrons. The number of carbonyl (C=O) groups excluding carboxylic acids is 1. The van der Waals surface area contributed by atoms with Crippen molar-refractivity contribution in [2.75, 3.05) is 10.6 Å². The van der Waals surface area contributed by atoms with Crippen LogP contribution in [-0.2, 0) is 0 Å². The standard InChI is InChI=1S/C22H23N3O2/c1-15(2)18-7-4-5-9-20(18)27-21-19(8-6-14-23-21)25-22(26)24-17-12-10-16(3)11-13-17/h4-15H,1-3H3,(H2,24,25,26). The van der Waals surface area contributed by atoms with Gasteiger partial charge in [0.05, 0.1) is 0 Å². The van der Waals surface area contributed by atoms with Crippen molar-refractivity contribution >= 4 is 17.4 Å². The Morgan fingerprint density at radius 3 is 2.44 bits per heavy atom. The van der Waals surface area contributed by atoms with E-state index in [2.05, 4.69) is 29.5 Å². The summed E-state index contributed by atoms with van der Waals surface area (Å²) >= 11 is 0. The van der Waals surface area contributed by atoms with Crippen LogP contribution in [0, 0.1) is 6.92 Å². The van der Waals surface area contributed by atoms with Gasteiger partial charge in [-0.1, -0.05) is 49.7 Å². The number of amides is 2. The quantitative estimate of drug-likeness (QED) is 0.590. The number of ether oxygens (including phenoxy) is 1. The number of urea groups is 1. The van der Waals surface area contributed by atoms with Crippen LogP contribution in [0.2, 0.25) is 0 Å². The number of pyridine rings is 1. The Morgan fingerprint density at radius 1 is 0.963 bits per heavy atom. The first-order valence-electron chi connectivity index (χ1n) is 8.89. The molecule has 0 atom stereocenters. The molecule has 5 heteroatoms. The summed E-state index contributed by atoms with van der Waals surface area (Å²) in [5.74, 6) is 1.39. The summed E-state index contributed by atoms with van der Waals surface area (Å²) in [6.07, 6.45) is 1.64. The fourth-order valence-electron chi connectivity index (χ4n) is 2.64. The molecule has 1 aromatic heterocycles. The molecule has 27 heavy (non-hydrogen) atoms. The van der Waals surface area contributed by atoms with Crippen molar-refractivity contribution in [3.05, 3.63) is 78.0 Å². The third-order valence-electron chi connectivity index (χ3n) is 4.08. The molecule has 0 bridgehead atoms. The molecular weight excluding hydrogens is 338 g/mol. The van der Waals surface area contributed by atoms with E-state index < -0.39 is 0 Å². The van der Waals surface area contributed by atoms with E-state index in [0.717, 1.165) is 22.6 Å². The Bertz CT molecular complexity index is 921. The molecule has 0 saturated carbocycles. The van der Waals surface area contributed by atoms with E-state index in [0.29, 0.717) is 17.5 Å². The monoisotopic (exact) mass is 361 g/mol. The number of carbonyl (C=O) groups is 1. The van der Waals surface area contributed by atoms with Gasteiger partial charge in [-0.2, -0.15) is 0 Å². The van der Waals surface area contributed by atoms with E-state index in [4.69, 9.17) is 4.74 Å². The van der Waals surface area contributed by atoms with E-state index in [1.807, 2.05) is 55.5 Å². The average Bonchev–Trinajstić information content (AvgIpc) is 2.65. The molecule has 0 spiro atoms. The van der Waals surface area contributed by atoms with Crippen LogP contribution in [0.4, 0.5) is 16.2 Å². The predicted octanol–water partition coefficient (Wildman–Crippen LogP) is 5.95. The number of benzene rings is 2. The molecule has 0 unspecified atom stereocenters. The number of hydrogen-bond donors (Lipinski definition) is 2. The summed E-state index contributed by atoms with van der Waals surface area (Å²) in [6.45, 7) is 6.21. The van der Waals surface area contributed by atoms with Crippen LogP contribution in [0.1, 0.15) is 30.9 Å². The minimum absolute atomic E-state index is 0.311. The van der Waals surface area contributed by atoms with Crippen LogP contribution in [0.25, 0.3) is 0 Å². The lowest BCUT2D eigenvalue weighted by Gasteiger charge is -2.15. The highest BCUT2D eigenvalue weighted by atomic mass is 16.5. The van der Waals surface area contributed by atoms with Crippen molar-refractivity contribution in [2.24, 2.45) is 0 Å². The summed E-state index contributed by atoms with van der Waals surface area (Å²) < 4.78 is 6.02. The van der Waals surface area contributed by atoms with Crippen LogP contribution in [0.5, 0.6) is 11.6 Å². The molecule has 2 amide bonds. The van der Waals surface area contributed by atoms with Crippen molar-refractivity contribution in [2.45, 2.75) is 26.7 Å². The predicted molar refractivity (Wildman–Crippen MR) is 109 cm³/mol. The minimum atomic E-state index is -0.353. The second-order valence-corrected chi connectivity index (χ2v) is 6.60. The van der Waals surface area contributed by atoms with Crippen LogP contribution < -0.4 is 15.4 Å². The zero-order chi connectivity index (χ0) is 19.2. The number of nitrogens with zero attached hydrogens (tertiary/aromatic N) is 1. The van der Waals surface area contributed by atoms with Crippen LogP contribution >= 0.6 is 0 Å². The molecule has 2 aromatic carbocycles. The van der Waals surface area contributed by atoms with Gasteiger partial charge >= 0.3 is 6.03 Å². The minimum Gasteiger partial charge on any atom is -0.437 e. The highest BCUT2D eigenvalue weighted by Gasteiger charge is 2.13. The number of rotatable bonds is 5. The summed E-state index contributed by atoms with van der Waals surface area (Å²) in [5, 5.41) is 5.61. The third kappa shape index (κ3) is 4.85. The second kappa shape index (κ2) is 8.36. The van der Waals surface area contributed by atoms with Crippen molar-refractivity contribution in [1.82, 2.24) is 4.98 Å². The third-order valence-corrected chi connectivity index (χ3v) is 4.08. The zero-order valence-corrected chi connectivity index (χ0v) is 15.7. The van der Waals surface area contributed by atoms with Crippen molar-refractivity contribution in [3.63, 3.8) is 0 Å². The van der Waals surface area contributed by atoms with Gasteiger partial charge in [-0.15, -0.1) is 0 Å². The SMILES string of the molecule is Cc1ccc(NC(=O)Nc2cccnc2Oc2ccccc2C(C)C)cc1. The summed E-state index contributed by atoms with van der Waals surface area (Å²) in [5.41, 5.74) is 3.43. The van der Waals surface area contributed by atoms with Gasteiger partial charge in [0.15, 0.2) is 0 Å². The molecule has 1 heterocycles. The van der Waals surface area contributed by atoms with Crippen molar-refractivity contribution in [1.29, 1.82) is 0 Å². The summed E-state index contributed by atoms with van der Waals surface area (Å²) in [4.78, 5) is 16.6. The topological polar surface area (TPSA) is 63.2 Å². The van der Waals surface area contributed by atoms with Gasteiger partial charge in [0, 0.05) is 11.9 Å². The fraction of sp³-hybridized carbons (Fsp3) is 0.182. The number of anilines is 2. The van der Waals surface area contributed by atoms with Gasteiger partial charge in [-0.3, -0.25) is 0 Å². The second-order valence-electron chi connectivity index (χ2n) is 6.60. The number of aryl methyl sites for hydroxylation is 1. The molecule has 138 valence electrons. The van der Waals surface area contributed by atoms with Gasteiger partial charge in [-0.05, 0) is 48.7 Å². The Hall–Kier alpha value is -3.34. The molecule has 0 aliphatic carbocycles. The van der Waals surface area contributed by atoms with E-state index in [1.54, 1.807) is 18.3 Å². The smallest absolute Gasteiger partial charge is 0.323 e.